The van der Waals surface area contributed by atoms with Crippen LogP contribution in [0.5, 0.6) is 0 Å². The van der Waals surface area contributed by atoms with Crippen LogP contribution in [0.2, 0.25) is 0 Å². The molecule has 1 heterocycles. The van der Waals surface area contributed by atoms with Gasteiger partial charge in [-0.05, 0) is 24.9 Å². The molecule has 0 saturated heterocycles. The van der Waals surface area contributed by atoms with E-state index in [-0.39, 0.29) is 10.9 Å². The van der Waals surface area contributed by atoms with E-state index in [0.29, 0.717) is 26.1 Å². The van der Waals surface area contributed by atoms with Crippen LogP contribution in [0.15, 0.2) is 17.3 Å². The van der Waals surface area contributed by atoms with Crippen LogP contribution in [0.1, 0.15) is 20.3 Å². The smallest absolute Gasteiger partial charge is 0.260 e. The number of nitrogens with two attached hydrogens (primary N) is 1. The van der Waals surface area contributed by atoms with Crippen molar-refractivity contribution >= 4 is 10.0 Å². The first kappa shape index (κ1) is 15.1. The Labute approximate surface area is 109 Å². The molecule has 1 rings (SSSR count). The van der Waals surface area contributed by atoms with Crippen molar-refractivity contribution in [2.45, 2.75) is 25.3 Å². The maximum absolute atomic E-state index is 12.5. The zero-order chi connectivity index (χ0) is 13.8. The molecule has 2 N–H and O–H groups in total. The highest BCUT2D eigenvalue weighted by molar-refractivity contribution is 7.89. The molecule has 0 radical (unpaired) electrons. The van der Waals surface area contributed by atoms with Crippen LogP contribution in [0, 0.1) is 5.92 Å². The van der Waals surface area contributed by atoms with Crippen LogP contribution in [0.25, 0.3) is 0 Å². The molecule has 6 nitrogen and oxygen atoms in total. The summed E-state index contributed by atoms with van der Waals surface area (Å²) >= 11 is 0. The van der Waals surface area contributed by atoms with E-state index in [9.17, 15) is 8.42 Å². The average Bonchev–Trinajstić information content (AvgIpc) is 2.70. The molecule has 18 heavy (non-hydrogen) atoms. The Balaban J connectivity index is 2.99. The summed E-state index contributed by atoms with van der Waals surface area (Å²) in [5.74, 6) is 0.269. The Bertz CT molecular complexity index is 467. The molecule has 0 unspecified atom stereocenters. The third-order valence-corrected chi connectivity index (χ3v) is 4.50. The Hall–Kier alpha value is -0.920. The third-order valence-electron chi connectivity index (χ3n) is 2.56. The molecule has 104 valence electrons. The zero-order valence-corrected chi connectivity index (χ0v) is 12.0. The predicted molar refractivity (Wildman–Crippen MR) is 70.5 cm³/mol. The van der Waals surface area contributed by atoms with Crippen molar-refractivity contribution in [1.82, 2.24) is 14.1 Å². The average molecular weight is 274 g/mol. The molecule has 0 bridgehead atoms. The maximum atomic E-state index is 12.5. The second kappa shape index (κ2) is 6.31. The Morgan fingerprint density at radius 1 is 1.50 bits per heavy atom. The maximum Gasteiger partial charge on any atom is 0.260 e. The molecule has 0 aliphatic carbocycles. The van der Waals surface area contributed by atoms with Gasteiger partial charge >= 0.3 is 0 Å². The Morgan fingerprint density at radius 3 is 2.61 bits per heavy atom. The van der Waals surface area contributed by atoms with E-state index in [4.69, 9.17) is 5.73 Å². The summed E-state index contributed by atoms with van der Waals surface area (Å²) in [7, 11) is -1.85. The summed E-state index contributed by atoms with van der Waals surface area (Å²) in [5.41, 5.74) is 5.46. The zero-order valence-electron chi connectivity index (χ0n) is 11.2. The van der Waals surface area contributed by atoms with Crippen LogP contribution < -0.4 is 5.73 Å². The normalized spacial score (nSPS) is 12.6. The molecule has 1 aromatic heterocycles. The SMILES string of the molecule is CC(C)CN(CCCN)S(=O)(=O)c1ccnn1C. The summed E-state index contributed by atoms with van der Waals surface area (Å²) in [4.78, 5) is 0. The van der Waals surface area contributed by atoms with E-state index in [0.717, 1.165) is 0 Å². The molecule has 0 spiro atoms. The number of rotatable bonds is 7. The van der Waals surface area contributed by atoms with Gasteiger partial charge in [-0.1, -0.05) is 13.8 Å². The van der Waals surface area contributed by atoms with Crippen LogP contribution in [0.4, 0.5) is 0 Å². The van der Waals surface area contributed by atoms with Gasteiger partial charge in [-0.3, -0.25) is 4.68 Å². The number of nitrogens with zero attached hydrogens (tertiary/aromatic N) is 3. The van der Waals surface area contributed by atoms with E-state index in [1.54, 1.807) is 7.05 Å². The van der Waals surface area contributed by atoms with E-state index in [2.05, 4.69) is 5.10 Å². The molecule has 0 aliphatic rings. The minimum Gasteiger partial charge on any atom is -0.330 e. The van der Waals surface area contributed by atoms with Gasteiger partial charge in [-0.2, -0.15) is 9.40 Å². The molecule has 0 aromatic carbocycles. The number of aryl methyl sites for hydroxylation is 1. The second-order valence-corrected chi connectivity index (χ2v) is 6.58. The fourth-order valence-corrected chi connectivity index (χ4v) is 3.47. The van der Waals surface area contributed by atoms with Gasteiger partial charge in [0, 0.05) is 20.1 Å². The molecule has 0 fully saturated rings. The van der Waals surface area contributed by atoms with Gasteiger partial charge in [-0.15, -0.1) is 0 Å². The molecule has 0 aliphatic heterocycles. The predicted octanol–water partition coefficient (Wildman–Crippen LogP) is 0.416. The van der Waals surface area contributed by atoms with Crippen molar-refractivity contribution in [1.29, 1.82) is 0 Å². The van der Waals surface area contributed by atoms with E-state index in [1.807, 2.05) is 13.8 Å². The van der Waals surface area contributed by atoms with E-state index < -0.39 is 10.0 Å². The first-order valence-corrected chi connectivity index (χ1v) is 7.51. The minimum absolute atomic E-state index is 0.222. The molecule has 0 saturated carbocycles. The van der Waals surface area contributed by atoms with Crippen molar-refractivity contribution in [3.8, 4) is 0 Å². The van der Waals surface area contributed by atoms with Crippen LogP contribution >= 0.6 is 0 Å². The lowest BCUT2D eigenvalue weighted by molar-refractivity contribution is 0.361. The van der Waals surface area contributed by atoms with Crippen molar-refractivity contribution in [2.24, 2.45) is 18.7 Å². The standard InChI is InChI=1S/C11H22N4O2S/c1-10(2)9-15(8-4-6-12)18(16,17)11-5-7-13-14(11)3/h5,7,10H,4,6,8-9,12H2,1-3H3. The number of hydrogen-bond acceptors (Lipinski definition) is 4. The van der Waals surface area contributed by atoms with Crippen LogP contribution in [-0.4, -0.2) is 42.1 Å². The minimum atomic E-state index is -3.48. The molecule has 0 atom stereocenters. The first-order valence-electron chi connectivity index (χ1n) is 6.07. The van der Waals surface area contributed by atoms with E-state index >= 15 is 0 Å². The topological polar surface area (TPSA) is 81.2 Å². The van der Waals surface area contributed by atoms with Gasteiger partial charge in [0.05, 0.1) is 6.20 Å². The number of sulfonamides is 1. The summed E-state index contributed by atoms with van der Waals surface area (Å²) in [6.07, 6.45) is 2.15. The van der Waals surface area contributed by atoms with Crippen molar-refractivity contribution in [2.75, 3.05) is 19.6 Å². The number of aromatic nitrogens is 2. The van der Waals surface area contributed by atoms with Gasteiger partial charge in [0.1, 0.15) is 0 Å². The fourth-order valence-electron chi connectivity index (χ4n) is 1.73. The highest BCUT2D eigenvalue weighted by atomic mass is 32.2. The van der Waals surface area contributed by atoms with Gasteiger partial charge in [0.15, 0.2) is 5.03 Å². The highest BCUT2D eigenvalue weighted by Gasteiger charge is 2.27. The van der Waals surface area contributed by atoms with Crippen LogP contribution in [-0.2, 0) is 17.1 Å². The first-order chi connectivity index (χ1) is 8.39. The monoisotopic (exact) mass is 274 g/mol. The summed E-state index contributed by atoms with van der Waals surface area (Å²) in [6.45, 7) is 5.41. The molecule has 0 amide bonds. The quantitative estimate of drug-likeness (QED) is 0.781. The van der Waals surface area contributed by atoms with Gasteiger partial charge < -0.3 is 5.73 Å². The summed E-state index contributed by atoms with van der Waals surface area (Å²) < 4.78 is 27.8. The fraction of sp³-hybridized carbons (Fsp3) is 0.727. The van der Waals surface area contributed by atoms with Crippen molar-refractivity contribution in [3.05, 3.63) is 12.3 Å². The lowest BCUT2D eigenvalue weighted by atomic mass is 10.2. The van der Waals surface area contributed by atoms with Gasteiger partial charge in [0.25, 0.3) is 10.0 Å². The largest absolute Gasteiger partial charge is 0.330 e. The Kier molecular flexibility index (Phi) is 5.30. The molecule has 1 aromatic rings. The van der Waals surface area contributed by atoms with Crippen molar-refractivity contribution in [3.63, 3.8) is 0 Å². The molecule has 7 heteroatoms. The molecular formula is C11H22N4O2S. The van der Waals surface area contributed by atoms with Gasteiger partial charge in [-0.25, -0.2) is 8.42 Å². The van der Waals surface area contributed by atoms with Crippen molar-refractivity contribution < 1.29 is 8.42 Å². The lowest BCUT2D eigenvalue weighted by Gasteiger charge is -2.23. The van der Waals surface area contributed by atoms with Crippen LogP contribution in [0.3, 0.4) is 0 Å². The molecular weight excluding hydrogens is 252 g/mol. The Morgan fingerprint density at radius 2 is 2.17 bits per heavy atom. The second-order valence-electron chi connectivity index (χ2n) is 4.69. The van der Waals surface area contributed by atoms with Gasteiger partial charge in [0.2, 0.25) is 0 Å². The summed E-state index contributed by atoms with van der Waals surface area (Å²) in [6, 6.07) is 1.52. The lowest BCUT2D eigenvalue weighted by Crippen LogP contribution is -2.36. The van der Waals surface area contributed by atoms with E-state index in [1.165, 1.54) is 21.3 Å². The number of hydrogen-bond donors (Lipinski definition) is 1. The highest BCUT2D eigenvalue weighted by Crippen LogP contribution is 2.16. The third kappa shape index (κ3) is 3.54. The summed E-state index contributed by atoms with van der Waals surface area (Å²) in [5, 5.41) is 4.13.